The summed E-state index contributed by atoms with van der Waals surface area (Å²) in [5, 5.41) is 21.9. The van der Waals surface area contributed by atoms with Crippen LogP contribution in [0.4, 0.5) is 5.13 Å². The van der Waals surface area contributed by atoms with Crippen molar-refractivity contribution < 1.29 is 51.0 Å². The first-order valence-corrected chi connectivity index (χ1v) is 15.7. The maximum absolute atomic E-state index is 13.2. The van der Waals surface area contributed by atoms with Crippen molar-refractivity contribution in [2.75, 3.05) is 25.4 Å². The van der Waals surface area contributed by atoms with Gasteiger partial charge in [0.2, 0.25) is 6.20 Å². The number of carbonyl (C=O) groups is 3. The van der Waals surface area contributed by atoms with Gasteiger partial charge in [0, 0.05) is 18.3 Å². The third kappa shape index (κ3) is 6.68. The van der Waals surface area contributed by atoms with Crippen LogP contribution in [0.1, 0.15) is 32.0 Å². The second-order valence-corrected chi connectivity index (χ2v) is 12.7. The summed E-state index contributed by atoms with van der Waals surface area (Å²) >= 11 is 0.968. The fourth-order valence-electron chi connectivity index (χ4n) is 5.04. The zero-order valence-electron chi connectivity index (χ0n) is 24.2. The standard InChI is InChI=1S/C25H30N8O10S2/c1-25(2)20(22(35)33(25)43-45(38,39)40)29-21(34)19(16-12-44-24(26)28-16)30-42-18(23(36)37)11-41-15-4-5-17-13(8-15)10-32(31(17)3)14-6-7-27-9-14/h4-5,8,10,12,14,18,20,27H,6-7,9,11H2,1-3H3,(H4-,26,28,29,34,36,37,38,39,40)/p+1/b30-19-/t14?,18-,20?/m0/s1. The lowest BCUT2D eigenvalue weighted by Crippen LogP contribution is -2.76. The summed E-state index contributed by atoms with van der Waals surface area (Å²) in [6.45, 7) is 4.06. The number of fused-ring (bicyclic) bond motifs is 1. The smallest absolute Gasteiger partial charge is 0.418 e. The Kier molecular flexibility index (Phi) is 8.68. The fraction of sp³-hybridized carbons (Fsp3) is 0.440. The van der Waals surface area contributed by atoms with Gasteiger partial charge in [0.15, 0.2) is 16.9 Å². The number of nitrogens with two attached hydrogens (primary N) is 1. The van der Waals surface area contributed by atoms with E-state index in [0.717, 1.165) is 41.8 Å². The second-order valence-electron chi connectivity index (χ2n) is 10.8. The lowest BCUT2D eigenvalue weighted by molar-refractivity contribution is -0.790. The van der Waals surface area contributed by atoms with Crippen molar-refractivity contribution in [3.63, 3.8) is 0 Å². The Hall–Kier alpha value is -4.37. The van der Waals surface area contributed by atoms with Crippen LogP contribution in [0.3, 0.4) is 0 Å². The van der Waals surface area contributed by atoms with E-state index in [9.17, 15) is 27.9 Å². The number of ether oxygens (including phenoxy) is 1. The summed E-state index contributed by atoms with van der Waals surface area (Å²) in [5.41, 5.74) is 4.66. The normalized spacial score (nSPS) is 20.6. The average Bonchev–Trinajstić information content (AvgIpc) is 3.72. The molecule has 0 radical (unpaired) electrons. The molecule has 2 fully saturated rings. The number of hydrogen-bond donors (Lipinski definition) is 5. The van der Waals surface area contributed by atoms with Crippen LogP contribution in [0.2, 0.25) is 0 Å². The summed E-state index contributed by atoms with van der Waals surface area (Å²) in [7, 11) is -3.05. The molecule has 2 unspecified atom stereocenters. The average molecular weight is 668 g/mol. The number of β-lactam (4-membered cyclic amide) rings is 1. The maximum atomic E-state index is 13.2. The summed E-state index contributed by atoms with van der Waals surface area (Å²) in [6, 6.07) is 4.33. The Labute approximate surface area is 260 Å². The van der Waals surface area contributed by atoms with Crippen LogP contribution in [0.5, 0.6) is 5.75 Å². The molecule has 242 valence electrons. The lowest BCUT2D eigenvalue weighted by Gasteiger charge is -2.50. The van der Waals surface area contributed by atoms with Gasteiger partial charge < -0.3 is 31.0 Å². The number of carbonyl (C=O) groups excluding carboxylic acids is 2. The number of carboxylic acids is 1. The number of amides is 2. The molecule has 0 saturated carbocycles. The number of benzene rings is 1. The molecule has 0 aliphatic carbocycles. The van der Waals surface area contributed by atoms with Crippen molar-refractivity contribution in [2.24, 2.45) is 12.2 Å². The number of hydrogen-bond acceptors (Lipinski definition) is 13. The van der Waals surface area contributed by atoms with Crippen molar-refractivity contribution in [1.82, 2.24) is 25.4 Å². The van der Waals surface area contributed by atoms with Gasteiger partial charge >= 0.3 is 16.4 Å². The van der Waals surface area contributed by atoms with Crippen molar-refractivity contribution in [3.8, 4) is 5.75 Å². The number of oxime groups is 1. The van der Waals surface area contributed by atoms with Crippen molar-refractivity contribution in [2.45, 2.75) is 44.0 Å². The first-order valence-electron chi connectivity index (χ1n) is 13.5. The number of thiazole rings is 1. The molecule has 45 heavy (non-hydrogen) atoms. The minimum absolute atomic E-state index is 0.0678. The van der Waals surface area contributed by atoms with E-state index in [1.165, 1.54) is 19.2 Å². The maximum Gasteiger partial charge on any atom is 0.418 e. The fourth-order valence-corrected chi connectivity index (χ4v) is 6.05. The monoisotopic (exact) mass is 667 g/mol. The van der Waals surface area contributed by atoms with Crippen molar-refractivity contribution >= 4 is 61.3 Å². The van der Waals surface area contributed by atoms with Crippen LogP contribution in [0, 0.1) is 0 Å². The molecule has 2 saturated heterocycles. The lowest BCUT2D eigenvalue weighted by atomic mass is 9.84. The molecule has 0 spiro atoms. The molecule has 18 nitrogen and oxygen atoms in total. The molecule has 2 aromatic heterocycles. The summed E-state index contributed by atoms with van der Waals surface area (Å²) in [5.74, 6) is -3.04. The molecule has 2 aliphatic rings. The van der Waals surface area contributed by atoms with E-state index in [-0.39, 0.29) is 10.8 Å². The number of anilines is 1. The zero-order chi connectivity index (χ0) is 32.7. The number of carboxylic acid groups (broad SMARTS) is 1. The summed E-state index contributed by atoms with van der Waals surface area (Å²) < 4.78 is 45.3. The molecular formula is C25H31N8O10S2+. The van der Waals surface area contributed by atoms with E-state index in [0.29, 0.717) is 16.9 Å². The number of nitrogen functional groups attached to an aromatic ring is 1. The van der Waals surface area contributed by atoms with Crippen LogP contribution >= 0.6 is 11.3 Å². The Morgan fingerprint density at radius 2 is 2.13 bits per heavy atom. The van der Waals surface area contributed by atoms with Crippen LogP contribution in [-0.4, -0.2) is 93.7 Å². The van der Waals surface area contributed by atoms with E-state index < -0.39 is 58.2 Å². The molecule has 6 N–H and O–H groups in total. The highest BCUT2D eigenvalue weighted by molar-refractivity contribution is 7.80. The predicted octanol–water partition coefficient (Wildman–Crippen LogP) is -0.868. The first kappa shape index (κ1) is 32.0. The van der Waals surface area contributed by atoms with Gasteiger partial charge in [0.25, 0.3) is 17.9 Å². The largest absolute Gasteiger partial charge is 0.489 e. The number of nitrogens with zero attached hydrogens (tertiary/aromatic N) is 5. The molecule has 5 rings (SSSR count). The minimum atomic E-state index is -5.01. The Bertz CT molecular complexity index is 1780. The summed E-state index contributed by atoms with van der Waals surface area (Å²) in [6.07, 6.45) is 1.34. The molecule has 20 heteroatoms. The Morgan fingerprint density at radius 3 is 2.73 bits per heavy atom. The zero-order valence-corrected chi connectivity index (χ0v) is 25.9. The second kappa shape index (κ2) is 12.2. The number of rotatable bonds is 12. The third-order valence-electron chi connectivity index (χ3n) is 7.42. The Balaban J connectivity index is 1.30. The SMILES string of the molecule is Cn1c2ccc(OC[C@H](O/N=C(\C(=O)NC3C(=O)N(OS(=O)(=O)O)C3(C)C)c3csc(N)n3)C(=O)O)cc2c[n+]1C1CCNC1. The molecule has 2 aliphatic heterocycles. The minimum Gasteiger partial charge on any atom is -0.489 e. The van der Waals surface area contributed by atoms with E-state index in [2.05, 4.69) is 29.7 Å². The number of aliphatic carboxylic acids is 1. The molecule has 1 aromatic carbocycles. The van der Waals surface area contributed by atoms with Gasteiger partial charge in [0.05, 0.1) is 24.5 Å². The highest BCUT2D eigenvalue weighted by atomic mass is 32.3. The first-order chi connectivity index (χ1) is 21.2. The molecule has 4 heterocycles. The number of aryl methyl sites for hydroxylation is 1. The van der Waals surface area contributed by atoms with Crippen molar-refractivity contribution in [1.29, 1.82) is 0 Å². The quantitative estimate of drug-likeness (QED) is 0.0520. The molecule has 3 aromatic rings. The van der Waals surface area contributed by atoms with Gasteiger partial charge in [0.1, 0.15) is 29.6 Å². The number of aromatic nitrogens is 3. The summed E-state index contributed by atoms with van der Waals surface area (Å²) in [4.78, 5) is 47.0. The topological polar surface area (TPSA) is 241 Å². The molecular weight excluding hydrogens is 636 g/mol. The highest BCUT2D eigenvalue weighted by Crippen LogP contribution is 2.33. The molecule has 2 amide bonds. The number of nitrogens with one attached hydrogen (secondary N) is 2. The van der Waals surface area contributed by atoms with Crippen LogP contribution < -0.4 is 25.8 Å². The van der Waals surface area contributed by atoms with Crippen molar-refractivity contribution in [3.05, 3.63) is 35.5 Å². The van der Waals surface area contributed by atoms with Gasteiger partial charge in [-0.15, -0.1) is 20.3 Å². The van der Waals surface area contributed by atoms with Gasteiger partial charge in [-0.2, -0.15) is 18.2 Å². The van der Waals surface area contributed by atoms with Crippen LogP contribution in [-0.2, 0) is 41.0 Å². The van der Waals surface area contributed by atoms with Crippen LogP contribution in [0.15, 0.2) is 34.9 Å². The van der Waals surface area contributed by atoms with Gasteiger partial charge in [-0.1, -0.05) is 5.16 Å². The molecule has 3 atom stereocenters. The molecule has 0 bridgehead atoms. The Morgan fingerprint density at radius 1 is 1.38 bits per heavy atom. The highest BCUT2D eigenvalue weighted by Gasteiger charge is 2.58. The van der Waals surface area contributed by atoms with E-state index in [1.54, 1.807) is 12.1 Å². The van der Waals surface area contributed by atoms with Gasteiger partial charge in [-0.25, -0.2) is 9.78 Å². The van der Waals surface area contributed by atoms with Gasteiger partial charge in [-0.05, 0) is 32.0 Å². The predicted molar refractivity (Wildman–Crippen MR) is 156 cm³/mol. The number of hydroxylamine groups is 2. The van der Waals surface area contributed by atoms with E-state index >= 15 is 0 Å². The third-order valence-corrected chi connectivity index (χ3v) is 8.43. The van der Waals surface area contributed by atoms with E-state index in [1.807, 2.05) is 24.0 Å². The van der Waals surface area contributed by atoms with Gasteiger partial charge in [-0.3, -0.25) is 14.1 Å². The van der Waals surface area contributed by atoms with E-state index in [4.69, 9.17) is 19.9 Å². The van der Waals surface area contributed by atoms with Crippen LogP contribution in [0.25, 0.3) is 10.9 Å².